The number of aromatic nitrogens is 4. The highest BCUT2D eigenvalue weighted by molar-refractivity contribution is 5.79. The zero-order valence-corrected chi connectivity index (χ0v) is 17.7. The van der Waals surface area contributed by atoms with Gasteiger partial charge in [0.1, 0.15) is 5.82 Å². The summed E-state index contributed by atoms with van der Waals surface area (Å²) in [5.41, 5.74) is 4.61. The number of H-pyrrole nitrogens is 1. The van der Waals surface area contributed by atoms with Gasteiger partial charge in [-0.3, -0.25) is 9.89 Å². The third-order valence-electron chi connectivity index (χ3n) is 6.30. The summed E-state index contributed by atoms with van der Waals surface area (Å²) in [6.45, 7) is 2.29. The summed E-state index contributed by atoms with van der Waals surface area (Å²) in [7, 11) is 0. The molecule has 2 N–H and O–H groups in total. The van der Waals surface area contributed by atoms with Crippen molar-refractivity contribution in [3.8, 4) is 11.4 Å². The molecule has 31 heavy (non-hydrogen) atoms. The molecular formula is C24H28N6O. The van der Waals surface area contributed by atoms with Crippen LogP contribution in [-0.2, 0) is 24.1 Å². The molecular weight excluding hydrogens is 388 g/mol. The summed E-state index contributed by atoms with van der Waals surface area (Å²) < 4.78 is 0. The summed E-state index contributed by atoms with van der Waals surface area (Å²) in [6, 6.07) is 10.2. The van der Waals surface area contributed by atoms with Gasteiger partial charge in [-0.2, -0.15) is 5.10 Å². The predicted octanol–water partition coefficient (Wildman–Crippen LogP) is 2.93. The fraction of sp³-hybridized carbons (Fsp3) is 0.417. The standard InChI is InChI=1S/C24H28N6O/c31-24(25-12-11-17-14-26-27-15-17)19-8-5-13-30(16-19)23-20-9-4-10-21(20)28-22(29-23)18-6-2-1-3-7-18/h1-3,6-7,14-15,19H,4-5,8-13,16H2,(H,25,31)(H,26,27). The van der Waals surface area contributed by atoms with E-state index in [2.05, 4.69) is 32.5 Å². The molecule has 1 aliphatic heterocycles. The van der Waals surface area contributed by atoms with Crippen LogP contribution < -0.4 is 10.2 Å². The van der Waals surface area contributed by atoms with Gasteiger partial charge in [-0.05, 0) is 44.1 Å². The number of nitrogens with zero attached hydrogens (tertiary/aromatic N) is 4. The summed E-state index contributed by atoms with van der Waals surface area (Å²) in [5.74, 6) is 1.97. The molecule has 1 unspecified atom stereocenters. The zero-order valence-electron chi connectivity index (χ0n) is 17.7. The van der Waals surface area contributed by atoms with E-state index >= 15 is 0 Å². The third kappa shape index (κ3) is 4.31. The lowest BCUT2D eigenvalue weighted by atomic mass is 9.96. The molecule has 1 aromatic carbocycles. The number of hydrogen-bond acceptors (Lipinski definition) is 5. The summed E-state index contributed by atoms with van der Waals surface area (Å²) in [6.07, 6.45) is 9.54. The van der Waals surface area contributed by atoms with Crippen molar-refractivity contribution < 1.29 is 4.79 Å². The minimum Gasteiger partial charge on any atom is -0.355 e. The maximum absolute atomic E-state index is 12.8. The number of nitrogens with one attached hydrogen (secondary N) is 2. The normalized spacial score (nSPS) is 18.1. The average molecular weight is 417 g/mol. The van der Waals surface area contributed by atoms with Crippen molar-refractivity contribution in [3.05, 3.63) is 59.5 Å². The quantitative estimate of drug-likeness (QED) is 0.645. The molecule has 7 heteroatoms. The molecule has 5 rings (SSSR count). The largest absolute Gasteiger partial charge is 0.355 e. The van der Waals surface area contributed by atoms with Crippen LogP contribution in [0.3, 0.4) is 0 Å². The van der Waals surface area contributed by atoms with E-state index in [4.69, 9.17) is 9.97 Å². The number of carbonyl (C=O) groups excluding carboxylic acids is 1. The highest BCUT2D eigenvalue weighted by atomic mass is 16.1. The first kappa shape index (κ1) is 19.7. The van der Waals surface area contributed by atoms with E-state index in [-0.39, 0.29) is 11.8 Å². The van der Waals surface area contributed by atoms with Crippen LogP contribution in [0.2, 0.25) is 0 Å². The topological polar surface area (TPSA) is 86.8 Å². The van der Waals surface area contributed by atoms with Gasteiger partial charge in [0.2, 0.25) is 5.91 Å². The van der Waals surface area contributed by atoms with Crippen molar-refractivity contribution in [2.75, 3.05) is 24.5 Å². The Hall–Kier alpha value is -3.22. The van der Waals surface area contributed by atoms with Gasteiger partial charge in [-0.1, -0.05) is 30.3 Å². The number of fused-ring (bicyclic) bond motifs is 1. The first-order valence-electron chi connectivity index (χ1n) is 11.2. The average Bonchev–Trinajstić information content (AvgIpc) is 3.51. The molecule has 0 bridgehead atoms. The number of aromatic amines is 1. The van der Waals surface area contributed by atoms with Crippen LogP contribution in [0.15, 0.2) is 42.7 Å². The molecule has 3 aromatic rings. The molecule has 1 atom stereocenters. The van der Waals surface area contributed by atoms with Crippen LogP contribution in [0.1, 0.15) is 36.1 Å². The minimum absolute atomic E-state index is 0.00899. The van der Waals surface area contributed by atoms with Gasteiger partial charge in [-0.25, -0.2) is 9.97 Å². The van der Waals surface area contributed by atoms with E-state index in [0.717, 1.165) is 74.4 Å². The smallest absolute Gasteiger partial charge is 0.224 e. The fourth-order valence-electron chi connectivity index (χ4n) is 4.66. The van der Waals surface area contributed by atoms with Crippen molar-refractivity contribution in [2.24, 2.45) is 5.92 Å². The van der Waals surface area contributed by atoms with E-state index in [1.165, 1.54) is 11.3 Å². The molecule has 1 aliphatic carbocycles. The van der Waals surface area contributed by atoms with Gasteiger partial charge < -0.3 is 10.2 Å². The lowest BCUT2D eigenvalue weighted by molar-refractivity contribution is -0.125. The molecule has 1 fully saturated rings. The molecule has 3 heterocycles. The second-order valence-corrected chi connectivity index (χ2v) is 8.45. The highest BCUT2D eigenvalue weighted by Gasteiger charge is 2.30. The van der Waals surface area contributed by atoms with Gasteiger partial charge in [0.05, 0.1) is 12.1 Å². The highest BCUT2D eigenvalue weighted by Crippen LogP contribution is 2.33. The van der Waals surface area contributed by atoms with Crippen molar-refractivity contribution >= 4 is 11.7 Å². The zero-order chi connectivity index (χ0) is 21.0. The van der Waals surface area contributed by atoms with Gasteiger partial charge in [0.25, 0.3) is 0 Å². The number of piperidine rings is 1. The molecule has 1 saturated heterocycles. The second kappa shape index (κ2) is 8.88. The van der Waals surface area contributed by atoms with Gasteiger partial charge in [-0.15, -0.1) is 0 Å². The number of aryl methyl sites for hydroxylation is 1. The van der Waals surface area contributed by atoms with Gasteiger partial charge >= 0.3 is 0 Å². The number of amides is 1. The first-order valence-corrected chi connectivity index (χ1v) is 11.2. The third-order valence-corrected chi connectivity index (χ3v) is 6.30. The Kier molecular flexibility index (Phi) is 5.65. The fourth-order valence-corrected chi connectivity index (χ4v) is 4.66. The van der Waals surface area contributed by atoms with Crippen LogP contribution in [0.4, 0.5) is 5.82 Å². The Morgan fingerprint density at radius 2 is 2.06 bits per heavy atom. The Labute approximate surface area is 182 Å². The van der Waals surface area contributed by atoms with Crippen molar-refractivity contribution in [1.82, 2.24) is 25.5 Å². The molecule has 1 amide bonds. The molecule has 2 aliphatic rings. The Balaban J connectivity index is 1.31. The number of anilines is 1. The molecule has 2 aromatic heterocycles. The van der Waals surface area contributed by atoms with Gasteiger partial charge in [0.15, 0.2) is 5.82 Å². The number of carbonyl (C=O) groups is 1. The van der Waals surface area contributed by atoms with Crippen LogP contribution in [-0.4, -0.2) is 45.7 Å². The van der Waals surface area contributed by atoms with E-state index in [1.54, 1.807) is 6.20 Å². The molecule has 0 radical (unpaired) electrons. The lowest BCUT2D eigenvalue weighted by Gasteiger charge is -2.34. The molecule has 0 saturated carbocycles. The van der Waals surface area contributed by atoms with E-state index in [0.29, 0.717) is 6.54 Å². The second-order valence-electron chi connectivity index (χ2n) is 8.45. The van der Waals surface area contributed by atoms with Crippen LogP contribution in [0.5, 0.6) is 0 Å². The Morgan fingerprint density at radius 3 is 2.90 bits per heavy atom. The number of hydrogen-bond donors (Lipinski definition) is 2. The number of benzene rings is 1. The molecule has 7 nitrogen and oxygen atoms in total. The van der Waals surface area contributed by atoms with Crippen LogP contribution in [0, 0.1) is 5.92 Å². The Morgan fingerprint density at radius 1 is 1.16 bits per heavy atom. The maximum atomic E-state index is 12.8. The summed E-state index contributed by atoms with van der Waals surface area (Å²) in [4.78, 5) is 25.0. The molecule has 0 spiro atoms. The number of rotatable bonds is 6. The SMILES string of the molecule is O=C(NCCc1cn[nH]c1)C1CCCN(c2nc(-c3ccccc3)nc3c2CCC3)C1. The van der Waals surface area contributed by atoms with Crippen molar-refractivity contribution in [2.45, 2.75) is 38.5 Å². The predicted molar refractivity (Wildman–Crippen MR) is 120 cm³/mol. The monoisotopic (exact) mass is 416 g/mol. The van der Waals surface area contributed by atoms with E-state index < -0.39 is 0 Å². The van der Waals surface area contributed by atoms with E-state index in [1.807, 2.05) is 24.4 Å². The maximum Gasteiger partial charge on any atom is 0.224 e. The first-order chi connectivity index (χ1) is 15.3. The summed E-state index contributed by atoms with van der Waals surface area (Å²) in [5, 5.41) is 9.88. The van der Waals surface area contributed by atoms with Crippen LogP contribution in [0.25, 0.3) is 11.4 Å². The Bertz CT molecular complexity index is 1030. The van der Waals surface area contributed by atoms with E-state index in [9.17, 15) is 4.79 Å². The van der Waals surface area contributed by atoms with Crippen LogP contribution >= 0.6 is 0 Å². The lowest BCUT2D eigenvalue weighted by Crippen LogP contribution is -2.44. The van der Waals surface area contributed by atoms with Crippen molar-refractivity contribution in [3.63, 3.8) is 0 Å². The minimum atomic E-state index is -0.00899. The van der Waals surface area contributed by atoms with Gasteiger partial charge in [0, 0.05) is 42.7 Å². The summed E-state index contributed by atoms with van der Waals surface area (Å²) >= 11 is 0. The van der Waals surface area contributed by atoms with Crippen molar-refractivity contribution in [1.29, 1.82) is 0 Å². The molecule has 160 valence electrons.